The van der Waals surface area contributed by atoms with E-state index in [4.69, 9.17) is 0 Å². The van der Waals surface area contributed by atoms with Crippen LogP contribution in [0.25, 0.3) is 0 Å². The van der Waals surface area contributed by atoms with E-state index in [1.54, 1.807) is 0 Å². The first-order chi connectivity index (χ1) is 18.9. The van der Waals surface area contributed by atoms with Crippen LogP contribution in [0.2, 0.25) is 0 Å². The second-order valence-corrected chi connectivity index (χ2v) is 13.9. The van der Waals surface area contributed by atoms with Gasteiger partial charge in [-0.2, -0.15) is 31.1 Å². The first kappa shape index (κ1) is 29.0. The third-order valence-electron chi connectivity index (χ3n) is 6.37. The molecule has 184 valence electrons. The quantitative estimate of drug-likeness (QED) is 0.214. The zero-order chi connectivity index (χ0) is 25.8. The third kappa shape index (κ3) is 8.01. The van der Waals surface area contributed by atoms with Crippen molar-refractivity contribution in [3.8, 4) is 0 Å². The van der Waals surface area contributed by atoms with Crippen LogP contribution >= 0.6 is 0 Å². The van der Waals surface area contributed by atoms with E-state index in [0.717, 1.165) is 0 Å². The summed E-state index contributed by atoms with van der Waals surface area (Å²) in [4.78, 5) is 0. The van der Waals surface area contributed by atoms with Crippen LogP contribution in [0.4, 0.5) is 0 Å². The largest absolute Gasteiger partial charge is 2.00 e. The monoisotopic (exact) mass is 558 g/mol. The van der Waals surface area contributed by atoms with Crippen molar-refractivity contribution in [1.29, 1.82) is 0 Å². The van der Waals surface area contributed by atoms with Crippen LogP contribution in [0.1, 0.15) is 0 Å². The van der Waals surface area contributed by atoms with Crippen LogP contribution in [0.3, 0.4) is 0 Å². The minimum Gasteiger partial charge on any atom is -0.219 e. The molecule has 0 saturated carbocycles. The molecule has 6 aromatic carbocycles. The molecule has 0 aliphatic rings. The maximum absolute atomic E-state index is 2.24. The molecule has 0 aliphatic heterocycles. The molecule has 0 atom stereocenters. The Hall–Kier alpha value is -2.99. The van der Waals surface area contributed by atoms with Gasteiger partial charge in [-0.3, -0.25) is 0 Å². The van der Waals surface area contributed by atoms with Crippen molar-refractivity contribution in [3.05, 3.63) is 182 Å². The number of hydrogen-bond donors (Lipinski definition) is 0. The molecule has 6 aromatic rings. The fourth-order valence-corrected chi connectivity index (χ4v) is 9.78. The molecule has 0 aromatic heterocycles. The van der Waals surface area contributed by atoms with Crippen molar-refractivity contribution < 1.29 is 0 Å². The van der Waals surface area contributed by atoms with E-state index in [0.29, 0.717) is 0 Å². The molecule has 0 nitrogen and oxygen atoms in total. The predicted octanol–water partition coefficient (Wildman–Crippen LogP) is 4.02. The van der Waals surface area contributed by atoms with Gasteiger partial charge in [-0.15, -0.1) is 0 Å². The second kappa shape index (κ2) is 15.6. The summed E-state index contributed by atoms with van der Waals surface area (Å²) in [6.07, 6.45) is 0. The fourth-order valence-electron chi connectivity index (χ4n) is 4.63. The Kier molecular flexibility index (Phi) is 11.6. The van der Waals surface area contributed by atoms with Gasteiger partial charge >= 0.3 is 37.7 Å². The molecular weight excluding hydrogens is 529 g/mol. The van der Waals surface area contributed by atoms with Crippen LogP contribution in [-0.4, -0.2) is 55.3 Å². The zero-order valence-electron chi connectivity index (χ0n) is 22.0. The molecular formula is C36H30CaSi2. The van der Waals surface area contributed by atoms with Gasteiger partial charge in [-0.25, -0.2) is 17.6 Å². The first-order valence-corrected chi connectivity index (χ1v) is 16.0. The Balaban J connectivity index is 0.000000176. The van der Waals surface area contributed by atoms with Crippen molar-refractivity contribution in [1.82, 2.24) is 0 Å². The Bertz CT molecular complexity index is 1170. The molecule has 39 heavy (non-hydrogen) atoms. The summed E-state index contributed by atoms with van der Waals surface area (Å²) in [7, 11) is -1.75. The van der Waals surface area contributed by atoms with Gasteiger partial charge in [0.2, 0.25) is 0 Å². The first-order valence-electron chi connectivity index (χ1n) is 13.0. The maximum Gasteiger partial charge on any atom is 2.00 e. The van der Waals surface area contributed by atoms with E-state index in [2.05, 4.69) is 182 Å². The van der Waals surface area contributed by atoms with Gasteiger partial charge in [-0.1, -0.05) is 182 Å². The summed E-state index contributed by atoms with van der Waals surface area (Å²) in [6, 6.07) is 65.0. The summed E-state index contributed by atoms with van der Waals surface area (Å²) >= 11 is 0. The molecule has 0 fully saturated rings. The van der Waals surface area contributed by atoms with Gasteiger partial charge in [0.05, 0.1) is 0 Å². The van der Waals surface area contributed by atoms with E-state index in [-0.39, 0.29) is 37.7 Å². The van der Waals surface area contributed by atoms with E-state index < -0.39 is 17.6 Å². The summed E-state index contributed by atoms with van der Waals surface area (Å²) < 4.78 is 0. The average Bonchev–Trinajstić information content (AvgIpc) is 3.01. The molecule has 6 rings (SSSR count). The fraction of sp³-hybridized carbons (Fsp3) is 0. The number of hydrogen-bond acceptors (Lipinski definition) is 0. The Morgan fingerprint density at radius 1 is 0.205 bits per heavy atom. The minimum absolute atomic E-state index is 0. The van der Waals surface area contributed by atoms with E-state index in [9.17, 15) is 0 Å². The van der Waals surface area contributed by atoms with Gasteiger partial charge in [0, 0.05) is 0 Å². The smallest absolute Gasteiger partial charge is 0.219 e. The molecule has 3 heteroatoms. The Morgan fingerprint density at radius 2 is 0.333 bits per heavy atom. The van der Waals surface area contributed by atoms with Crippen LogP contribution in [0.15, 0.2) is 182 Å². The van der Waals surface area contributed by atoms with Gasteiger partial charge in [-0.05, 0) is 0 Å². The molecule has 0 aliphatic carbocycles. The third-order valence-corrected chi connectivity index (χ3v) is 11.8. The van der Waals surface area contributed by atoms with Gasteiger partial charge in [0.1, 0.15) is 0 Å². The standard InChI is InChI=1S/2C18H15Si.Ca/c2*1-4-10-16(11-5-1)19(17-12-6-2-7-13-17)18-14-8-3-9-15-18;/h2*1-15H;/q2*-1;+2. The van der Waals surface area contributed by atoms with E-state index in [1.807, 2.05) is 0 Å². The molecule has 0 unspecified atom stereocenters. The SMILES string of the molecule is [Ca+2].c1ccc([Si-](c2ccccc2)c2ccccc2)cc1.c1ccc([Si-](c2ccccc2)c2ccccc2)cc1. The van der Waals surface area contributed by atoms with Crippen LogP contribution < -0.4 is 31.1 Å². The number of benzene rings is 6. The van der Waals surface area contributed by atoms with E-state index in [1.165, 1.54) is 31.1 Å². The minimum atomic E-state index is -0.877. The topological polar surface area (TPSA) is 0 Å². The van der Waals surface area contributed by atoms with Gasteiger partial charge in [0.25, 0.3) is 0 Å². The molecule has 0 radical (unpaired) electrons. The van der Waals surface area contributed by atoms with Crippen molar-refractivity contribution >= 4 is 86.5 Å². The predicted molar refractivity (Wildman–Crippen MR) is 174 cm³/mol. The van der Waals surface area contributed by atoms with Crippen molar-refractivity contribution in [2.45, 2.75) is 0 Å². The van der Waals surface area contributed by atoms with Crippen LogP contribution in [-0.2, 0) is 0 Å². The molecule has 0 bridgehead atoms. The van der Waals surface area contributed by atoms with Crippen molar-refractivity contribution in [2.24, 2.45) is 0 Å². The zero-order valence-corrected chi connectivity index (χ0v) is 26.2. The maximum atomic E-state index is 2.24. The Morgan fingerprint density at radius 3 is 0.462 bits per heavy atom. The average molecular weight is 559 g/mol. The Labute approximate surface area is 266 Å². The molecule has 0 amide bonds. The number of rotatable bonds is 6. The van der Waals surface area contributed by atoms with Gasteiger partial charge < -0.3 is 0 Å². The van der Waals surface area contributed by atoms with Crippen molar-refractivity contribution in [2.75, 3.05) is 0 Å². The van der Waals surface area contributed by atoms with Gasteiger partial charge in [0.15, 0.2) is 0 Å². The summed E-state index contributed by atoms with van der Waals surface area (Å²) in [5, 5.41) is 8.61. The van der Waals surface area contributed by atoms with Crippen molar-refractivity contribution in [3.63, 3.8) is 0 Å². The normalized spacial score (nSPS) is 9.85. The second-order valence-electron chi connectivity index (χ2n) is 8.95. The molecule has 0 saturated heterocycles. The molecule has 0 heterocycles. The summed E-state index contributed by atoms with van der Waals surface area (Å²) in [6.45, 7) is 0. The van der Waals surface area contributed by atoms with E-state index >= 15 is 0 Å². The summed E-state index contributed by atoms with van der Waals surface area (Å²) in [5.74, 6) is 0. The van der Waals surface area contributed by atoms with Crippen LogP contribution in [0.5, 0.6) is 0 Å². The summed E-state index contributed by atoms with van der Waals surface area (Å²) in [5.41, 5.74) is 0. The van der Waals surface area contributed by atoms with Crippen LogP contribution in [0, 0.1) is 0 Å². The molecule has 0 N–H and O–H groups in total. The molecule has 0 spiro atoms.